The van der Waals surface area contributed by atoms with Crippen molar-refractivity contribution >= 4 is 5.82 Å². The third-order valence-corrected chi connectivity index (χ3v) is 5.09. The number of rotatable bonds is 3. The summed E-state index contributed by atoms with van der Waals surface area (Å²) in [4.78, 5) is 23.0. The smallest absolute Gasteiger partial charge is 0.267 e. The maximum atomic E-state index is 12.4. The molecule has 1 aliphatic heterocycles. The minimum atomic E-state index is -0.0350. The minimum Gasteiger partial charge on any atom is -0.349 e. The van der Waals surface area contributed by atoms with Gasteiger partial charge in [0.2, 0.25) is 0 Å². The van der Waals surface area contributed by atoms with Gasteiger partial charge in [-0.25, -0.2) is 14.6 Å². The molecule has 1 atom stereocenters. The zero-order chi connectivity index (χ0) is 17.2. The van der Waals surface area contributed by atoms with E-state index >= 15 is 0 Å². The van der Waals surface area contributed by atoms with Gasteiger partial charge in [0.05, 0.1) is 18.3 Å². The molecule has 0 spiro atoms. The highest BCUT2D eigenvalue weighted by Gasteiger charge is 2.29. The molecule has 2 aromatic heterocycles. The molecule has 2 aliphatic rings. The largest absolute Gasteiger partial charge is 0.349 e. The van der Waals surface area contributed by atoms with Gasteiger partial charge in [-0.1, -0.05) is 0 Å². The van der Waals surface area contributed by atoms with Crippen LogP contribution in [0.4, 0.5) is 5.82 Å². The molecule has 3 heterocycles. The van der Waals surface area contributed by atoms with Gasteiger partial charge in [-0.15, -0.1) is 0 Å². The van der Waals surface area contributed by atoms with Crippen LogP contribution in [0, 0.1) is 11.3 Å². The van der Waals surface area contributed by atoms with Crippen molar-refractivity contribution in [2.45, 2.75) is 51.1 Å². The van der Waals surface area contributed by atoms with Crippen LogP contribution < -0.4 is 10.5 Å². The highest BCUT2D eigenvalue weighted by atomic mass is 16.1. The number of nitrogens with zero attached hydrogens (tertiary/aromatic N) is 6. The highest BCUT2D eigenvalue weighted by molar-refractivity contribution is 5.51. The summed E-state index contributed by atoms with van der Waals surface area (Å²) in [6, 6.07) is 3.97. The predicted octanol–water partition coefficient (Wildman–Crippen LogP) is 1.45. The quantitative estimate of drug-likeness (QED) is 0.843. The van der Waals surface area contributed by atoms with Gasteiger partial charge in [-0.3, -0.25) is 4.79 Å². The lowest BCUT2D eigenvalue weighted by atomic mass is 9.97. The molecule has 0 bridgehead atoms. The Morgan fingerprint density at radius 1 is 1.20 bits per heavy atom. The molecule has 1 unspecified atom stereocenters. The van der Waals surface area contributed by atoms with Crippen molar-refractivity contribution in [1.29, 1.82) is 5.26 Å². The molecule has 0 amide bonds. The van der Waals surface area contributed by atoms with Crippen molar-refractivity contribution in [2.24, 2.45) is 0 Å². The lowest BCUT2D eigenvalue weighted by Gasteiger charge is -2.26. The molecule has 25 heavy (non-hydrogen) atoms. The number of hydrogen-bond acceptors (Lipinski definition) is 6. The van der Waals surface area contributed by atoms with Crippen LogP contribution in [0.5, 0.6) is 0 Å². The second-order valence-electron chi connectivity index (χ2n) is 6.67. The first-order valence-electron chi connectivity index (χ1n) is 8.84. The number of aromatic nitrogens is 4. The zero-order valence-corrected chi connectivity index (χ0v) is 14.1. The molecule has 0 saturated carbocycles. The molecule has 4 rings (SSSR count). The van der Waals surface area contributed by atoms with Crippen LogP contribution in [-0.4, -0.2) is 32.3 Å². The summed E-state index contributed by atoms with van der Waals surface area (Å²) in [7, 11) is 0. The molecule has 1 fully saturated rings. The third-order valence-electron chi connectivity index (χ3n) is 5.09. The summed E-state index contributed by atoms with van der Waals surface area (Å²) in [5.41, 5.74) is 2.47. The first kappa shape index (κ1) is 15.8. The molecular formula is C18H20N6O. The number of fused-ring (bicyclic) bond motifs is 1. The summed E-state index contributed by atoms with van der Waals surface area (Å²) >= 11 is 0. The van der Waals surface area contributed by atoms with Gasteiger partial charge >= 0.3 is 0 Å². The van der Waals surface area contributed by atoms with E-state index in [0.717, 1.165) is 56.3 Å². The number of aryl methyl sites for hydroxylation is 2. The average molecular weight is 336 g/mol. The lowest BCUT2D eigenvalue weighted by Crippen LogP contribution is -2.38. The fraction of sp³-hybridized carbons (Fsp3) is 0.500. The first-order valence-corrected chi connectivity index (χ1v) is 8.84. The van der Waals surface area contributed by atoms with Crippen LogP contribution in [0.2, 0.25) is 0 Å². The van der Waals surface area contributed by atoms with E-state index in [0.29, 0.717) is 18.1 Å². The lowest BCUT2D eigenvalue weighted by molar-refractivity contribution is 0.472. The number of anilines is 1. The van der Waals surface area contributed by atoms with Gasteiger partial charge in [0.1, 0.15) is 6.07 Å². The molecule has 0 radical (unpaired) electrons. The fourth-order valence-electron chi connectivity index (χ4n) is 3.86. The van der Waals surface area contributed by atoms with Gasteiger partial charge in [0.25, 0.3) is 5.56 Å². The average Bonchev–Trinajstić information content (AvgIpc) is 3.10. The van der Waals surface area contributed by atoms with Gasteiger partial charge in [-0.2, -0.15) is 10.4 Å². The third kappa shape index (κ3) is 3.00. The minimum absolute atomic E-state index is 0.0350. The Hall–Kier alpha value is -2.75. The van der Waals surface area contributed by atoms with Gasteiger partial charge in [0.15, 0.2) is 11.5 Å². The van der Waals surface area contributed by atoms with E-state index in [-0.39, 0.29) is 11.6 Å². The Morgan fingerprint density at radius 2 is 2.04 bits per heavy atom. The fourth-order valence-corrected chi connectivity index (χ4v) is 3.86. The number of nitriles is 1. The second-order valence-corrected chi connectivity index (χ2v) is 6.67. The Morgan fingerprint density at radius 3 is 2.92 bits per heavy atom. The van der Waals surface area contributed by atoms with Crippen LogP contribution in [0.15, 0.2) is 23.3 Å². The van der Waals surface area contributed by atoms with E-state index < -0.39 is 0 Å². The van der Waals surface area contributed by atoms with Crippen molar-refractivity contribution in [1.82, 2.24) is 19.7 Å². The van der Waals surface area contributed by atoms with E-state index in [1.54, 1.807) is 16.9 Å². The number of hydrogen-bond donors (Lipinski definition) is 0. The summed E-state index contributed by atoms with van der Waals surface area (Å²) in [5, 5.41) is 13.9. The topological polar surface area (TPSA) is 87.7 Å². The molecule has 7 nitrogen and oxygen atoms in total. The Labute approximate surface area is 145 Å². The summed E-state index contributed by atoms with van der Waals surface area (Å²) in [6.07, 6.45) is 9.28. The van der Waals surface area contributed by atoms with E-state index in [1.165, 1.54) is 6.20 Å². The molecule has 1 aliphatic carbocycles. The molecule has 128 valence electrons. The van der Waals surface area contributed by atoms with E-state index in [9.17, 15) is 10.1 Å². The van der Waals surface area contributed by atoms with Crippen LogP contribution in [0.1, 0.15) is 42.6 Å². The van der Waals surface area contributed by atoms with E-state index in [2.05, 4.69) is 26.0 Å². The summed E-state index contributed by atoms with van der Waals surface area (Å²) < 4.78 is 1.59. The summed E-state index contributed by atoms with van der Waals surface area (Å²) in [6.45, 7) is 1.34. The van der Waals surface area contributed by atoms with Crippen molar-refractivity contribution in [3.05, 3.63) is 45.8 Å². The standard InChI is InChI=1S/C18H20N6O/c19-11-16-18(21-8-7-20-16)23-9-3-5-14(23)12-24-17(25)10-13-4-1-2-6-15(13)22-24/h7-8,10,14H,1-6,9,12H2. The monoisotopic (exact) mass is 336 g/mol. The Bertz CT molecular complexity index is 884. The van der Waals surface area contributed by atoms with Crippen LogP contribution >= 0.6 is 0 Å². The molecular weight excluding hydrogens is 316 g/mol. The molecule has 0 aromatic carbocycles. The Kier molecular flexibility index (Phi) is 4.18. The zero-order valence-electron chi connectivity index (χ0n) is 14.1. The molecule has 0 N–H and O–H groups in total. The Balaban J connectivity index is 1.62. The normalized spacial score (nSPS) is 19.5. The highest BCUT2D eigenvalue weighted by Crippen LogP contribution is 2.26. The van der Waals surface area contributed by atoms with Gasteiger partial charge in [0, 0.05) is 25.0 Å². The summed E-state index contributed by atoms with van der Waals surface area (Å²) in [5.74, 6) is 0.610. The van der Waals surface area contributed by atoms with Crippen LogP contribution in [0.25, 0.3) is 0 Å². The van der Waals surface area contributed by atoms with Crippen LogP contribution in [-0.2, 0) is 19.4 Å². The van der Waals surface area contributed by atoms with E-state index in [1.807, 2.05) is 0 Å². The second kappa shape index (κ2) is 6.63. The van der Waals surface area contributed by atoms with Crippen molar-refractivity contribution in [3.8, 4) is 6.07 Å². The molecule has 2 aromatic rings. The molecule has 1 saturated heterocycles. The maximum absolute atomic E-state index is 12.4. The molecule has 7 heteroatoms. The maximum Gasteiger partial charge on any atom is 0.267 e. The predicted molar refractivity (Wildman–Crippen MR) is 92.3 cm³/mol. The van der Waals surface area contributed by atoms with E-state index in [4.69, 9.17) is 0 Å². The van der Waals surface area contributed by atoms with Gasteiger partial charge in [-0.05, 0) is 44.1 Å². The van der Waals surface area contributed by atoms with Crippen molar-refractivity contribution < 1.29 is 0 Å². The SMILES string of the molecule is N#Cc1nccnc1N1CCCC1Cn1nc2c(cc1=O)CCCC2. The van der Waals surface area contributed by atoms with Crippen LogP contribution in [0.3, 0.4) is 0 Å². The van der Waals surface area contributed by atoms with Gasteiger partial charge < -0.3 is 4.90 Å². The van der Waals surface area contributed by atoms with Crippen molar-refractivity contribution in [2.75, 3.05) is 11.4 Å². The first-order chi connectivity index (χ1) is 12.3. The van der Waals surface area contributed by atoms with Crippen molar-refractivity contribution in [3.63, 3.8) is 0 Å².